The zero-order chi connectivity index (χ0) is 40.2. The quantitative estimate of drug-likeness (QED) is 0.0562. The second-order valence-corrected chi connectivity index (χ2v) is 16.6. The number of aromatic amines is 2. The van der Waals surface area contributed by atoms with E-state index < -0.39 is 96.9 Å². The average molecular weight is 851 g/mol. The van der Waals surface area contributed by atoms with Gasteiger partial charge in [0.1, 0.15) is 36.6 Å². The maximum Gasteiger partial charge on any atom is 0.472 e. The number of nitrogens with zero attached hydrogens (tertiary/aromatic N) is 6. The molecule has 4 aromatic heterocycles. The Hall–Kier alpha value is -3.93. The van der Waals surface area contributed by atoms with Crippen molar-refractivity contribution in [2.45, 2.75) is 68.3 Å². The summed E-state index contributed by atoms with van der Waals surface area (Å²) < 4.78 is 85.9. The van der Waals surface area contributed by atoms with Crippen LogP contribution in [0.5, 0.6) is 0 Å². The van der Waals surface area contributed by atoms with Crippen LogP contribution in [-0.4, -0.2) is 115 Å². The number of fused-ring (bicyclic) bond motifs is 4. The maximum absolute atomic E-state index is 13.6. The van der Waals surface area contributed by atoms with E-state index in [0.29, 0.717) is 12.8 Å². The summed E-state index contributed by atoms with van der Waals surface area (Å²) in [6.07, 6.45) is -5.89. The molecule has 56 heavy (non-hydrogen) atoms. The normalized spacial score (nSPS) is 33.6. The predicted molar refractivity (Wildman–Crippen MR) is 184 cm³/mol. The van der Waals surface area contributed by atoms with Crippen molar-refractivity contribution in [3.8, 4) is 12.3 Å². The van der Waals surface area contributed by atoms with Crippen LogP contribution in [0.3, 0.4) is 0 Å². The lowest BCUT2D eigenvalue weighted by Gasteiger charge is -2.29. The topological polar surface area (TPSA) is 385 Å². The second kappa shape index (κ2) is 15.4. The van der Waals surface area contributed by atoms with Gasteiger partial charge < -0.3 is 40.7 Å². The van der Waals surface area contributed by atoms with Gasteiger partial charge in [0.2, 0.25) is 11.9 Å². The van der Waals surface area contributed by atoms with Crippen LogP contribution in [0.25, 0.3) is 22.3 Å². The predicted octanol–water partition coefficient (Wildman–Crippen LogP) is -1.10. The van der Waals surface area contributed by atoms with Crippen LogP contribution in [0.4, 0.5) is 11.9 Å². The molecule has 0 bridgehead atoms. The minimum atomic E-state index is -5.35. The van der Waals surface area contributed by atoms with Crippen molar-refractivity contribution in [1.29, 1.82) is 0 Å². The van der Waals surface area contributed by atoms with E-state index >= 15 is 0 Å². The number of nitrogens with one attached hydrogen (secondary N) is 2. The third-order valence-electron chi connectivity index (χ3n) is 8.58. The smallest absolute Gasteiger partial charge is 0.386 e. The Morgan fingerprint density at radius 1 is 0.911 bits per heavy atom. The molecule has 30 heteroatoms. The lowest BCUT2D eigenvalue weighted by Crippen LogP contribution is -2.39. The Balaban J connectivity index is 1.21. The third-order valence-corrected chi connectivity index (χ3v) is 11.6. The molecule has 4 aromatic rings. The number of anilines is 2. The van der Waals surface area contributed by atoms with Gasteiger partial charge in [-0.05, 0) is 12.8 Å². The van der Waals surface area contributed by atoms with Gasteiger partial charge in [0.15, 0.2) is 34.8 Å². The number of hydrogen-bond acceptors (Lipinski definition) is 20. The SMILES string of the molecule is C#CCCCCOP(=O)(O)O[C@H]1C2OP(=O)(O)OC[C@H]3O[C@@H](n4cnc5c(=O)[nH]c(N)nc54)[C@@H](O)C3OP(=O)(O)OC[C@H]2O[C@H]1n1cnc2c(=O)[nH]c(N)nc21. The van der Waals surface area contributed by atoms with E-state index in [0.717, 1.165) is 21.8 Å². The summed E-state index contributed by atoms with van der Waals surface area (Å²) >= 11 is 0. The van der Waals surface area contributed by atoms with E-state index in [9.17, 15) is 43.1 Å². The molecule has 304 valence electrons. The summed E-state index contributed by atoms with van der Waals surface area (Å²) in [6, 6.07) is 0. The van der Waals surface area contributed by atoms with E-state index in [4.69, 9.17) is 54.5 Å². The highest BCUT2D eigenvalue weighted by molar-refractivity contribution is 7.48. The Labute approximate surface area is 312 Å². The number of imidazole rings is 2. The number of hydrogen-bond donors (Lipinski definition) is 8. The minimum absolute atomic E-state index is 0.162. The van der Waals surface area contributed by atoms with Crippen LogP contribution in [0, 0.1) is 12.3 Å². The lowest BCUT2D eigenvalue weighted by molar-refractivity contribution is -0.0663. The molecule has 7 heterocycles. The molecule has 3 aliphatic rings. The molecule has 3 fully saturated rings. The van der Waals surface area contributed by atoms with Crippen molar-refractivity contribution in [2.24, 2.45) is 0 Å². The van der Waals surface area contributed by atoms with Gasteiger partial charge >= 0.3 is 23.5 Å². The lowest BCUT2D eigenvalue weighted by atomic mass is 10.1. The number of H-pyrrole nitrogens is 2. The van der Waals surface area contributed by atoms with Crippen molar-refractivity contribution in [2.75, 3.05) is 31.3 Å². The molecule has 3 saturated heterocycles. The van der Waals surface area contributed by atoms with Crippen molar-refractivity contribution in [3.63, 3.8) is 0 Å². The van der Waals surface area contributed by atoms with Gasteiger partial charge in [0.05, 0.1) is 32.5 Å². The highest BCUT2D eigenvalue weighted by Gasteiger charge is 2.56. The number of nitrogen functional groups attached to an aromatic ring is 2. The van der Waals surface area contributed by atoms with E-state index in [1.54, 1.807) is 0 Å². The highest BCUT2D eigenvalue weighted by atomic mass is 31.2. The Kier molecular flexibility index (Phi) is 11.1. The van der Waals surface area contributed by atoms with Gasteiger partial charge in [-0.15, -0.1) is 12.3 Å². The zero-order valence-electron chi connectivity index (χ0n) is 28.4. The number of aliphatic hydroxyl groups excluding tert-OH is 1. The fourth-order valence-corrected chi connectivity index (χ4v) is 9.05. The molecule has 0 aromatic carbocycles. The van der Waals surface area contributed by atoms with Crippen LogP contribution in [-0.2, 0) is 50.3 Å². The van der Waals surface area contributed by atoms with Crippen LogP contribution < -0.4 is 22.6 Å². The van der Waals surface area contributed by atoms with Crippen molar-refractivity contribution >= 4 is 57.7 Å². The number of terminal acetylenes is 1. The van der Waals surface area contributed by atoms with Crippen LogP contribution in [0.2, 0.25) is 0 Å². The number of ether oxygens (including phenoxy) is 2. The molecule has 7 rings (SSSR count). The molecule has 27 nitrogen and oxygen atoms in total. The number of nitrogens with two attached hydrogens (primary N) is 2. The molecule has 0 aliphatic carbocycles. The Bertz CT molecular complexity index is 2430. The fourth-order valence-electron chi connectivity index (χ4n) is 6.17. The van der Waals surface area contributed by atoms with Crippen molar-refractivity contribution in [1.82, 2.24) is 39.0 Å². The van der Waals surface area contributed by atoms with Gasteiger partial charge in [-0.25, -0.2) is 23.7 Å². The van der Waals surface area contributed by atoms with Crippen molar-refractivity contribution in [3.05, 3.63) is 33.4 Å². The molecule has 0 radical (unpaired) electrons. The average Bonchev–Trinajstić information content (AvgIpc) is 3.87. The molecule has 0 spiro atoms. The first-order valence-corrected chi connectivity index (χ1v) is 20.8. The summed E-state index contributed by atoms with van der Waals surface area (Å²) in [6.45, 7) is -2.31. The third kappa shape index (κ3) is 8.23. The molecule has 3 aliphatic heterocycles. The first-order chi connectivity index (χ1) is 26.5. The monoisotopic (exact) mass is 850 g/mol. The zero-order valence-corrected chi connectivity index (χ0v) is 31.1. The van der Waals surface area contributed by atoms with Gasteiger partial charge in [-0.3, -0.25) is 55.8 Å². The summed E-state index contributed by atoms with van der Waals surface area (Å²) in [7, 11) is -15.7. The Morgan fingerprint density at radius 3 is 2.00 bits per heavy atom. The minimum Gasteiger partial charge on any atom is -0.386 e. The first kappa shape index (κ1) is 40.3. The van der Waals surface area contributed by atoms with Crippen molar-refractivity contribution < 1.29 is 70.1 Å². The van der Waals surface area contributed by atoms with Gasteiger partial charge in [0.25, 0.3) is 11.1 Å². The number of rotatable bonds is 9. The van der Waals surface area contributed by atoms with Crippen LogP contribution >= 0.6 is 23.5 Å². The van der Waals surface area contributed by atoms with E-state index in [2.05, 4.69) is 35.8 Å². The van der Waals surface area contributed by atoms with Crippen LogP contribution in [0.15, 0.2) is 22.2 Å². The number of phosphoric acid groups is 3. The van der Waals surface area contributed by atoms with Gasteiger partial charge in [0, 0.05) is 6.42 Å². The number of aromatic nitrogens is 8. The van der Waals surface area contributed by atoms with Gasteiger partial charge in [-0.2, -0.15) is 9.97 Å². The summed E-state index contributed by atoms with van der Waals surface area (Å²) in [5, 5.41) is 11.3. The molecular formula is C26H33N10O17P3. The molecule has 0 saturated carbocycles. The number of aliphatic hydroxyl groups is 1. The molecule has 0 amide bonds. The Morgan fingerprint density at radius 2 is 1.43 bits per heavy atom. The van der Waals surface area contributed by atoms with E-state index in [1.807, 2.05) is 0 Å². The highest BCUT2D eigenvalue weighted by Crippen LogP contribution is 2.56. The van der Waals surface area contributed by atoms with E-state index in [1.165, 1.54) is 0 Å². The first-order valence-electron chi connectivity index (χ1n) is 16.3. The summed E-state index contributed by atoms with van der Waals surface area (Å²) in [5.41, 5.74) is 9.00. The molecule has 11 atom stereocenters. The molecular weight excluding hydrogens is 817 g/mol. The number of phosphoric ester groups is 3. The summed E-state index contributed by atoms with van der Waals surface area (Å²) in [5.74, 6) is 1.73. The number of unbranched alkanes of at least 4 members (excludes halogenated alkanes) is 2. The van der Waals surface area contributed by atoms with E-state index in [-0.39, 0.29) is 47.3 Å². The maximum atomic E-state index is 13.6. The van der Waals surface area contributed by atoms with Gasteiger partial charge in [-0.1, -0.05) is 0 Å². The molecule has 5 unspecified atom stereocenters. The fraction of sp³-hybridized carbons (Fsp3) is 0.538. The second-order valence-electron chi connectivity index (χ2n) is 12.4. The van der Waals surface area contributed by atoms with Crippen LogP contribution in [0.1, 0.15) is 31.7 Å². The largest absolute Gasteiger partial charge is 0.472 e. The molecule has 10 N–H and O–H groups in total. The summed E-state index contributed by atoms with van der Waals surface area (Å²) in [4.78, 5) is 77.9. The standard InChI is InChI=1S/C26H33N10O17P3/c1-2-3-4-5-6-46-54(40,41)53-18-17-12(50-24(18)36-10-30-14-20(36)32-26(28)34-22(14)39)8-48-55(42,43)51-16-11(7-47-56(44,45)52-17)49-23(15(16)37)35-9-29-13-19(35)31-25(27)33-21(13)38/h1,9-12,15-18,23-24,37H,3-8H2,(H,40,41)(H,42,43)(H,44,45)(H3,27,31,33,38)(H3,28,32,34,39)/t11-,12-,15+,16?,17?,18+,23-,24-/m1/s1.